The van der Waals surface area contributed by atoms with Crippen LogP contribution in [0.5, 0.6) is 0 Å². The summed E-state index contributed by atoms with van der Waals surface area (Å²) in [5.41, 5.74) is 1.41. The van der Waals surface area contributed by atoms with Gasteiger partial charge in [-0.3, -0.25) is 0 Å². The second-order valence-electron chi connectivity index (χ2n) is 3.29. The standard InChI is InChI=1S/C11H11FN2O/c1-3-8-4-5-10(12)9(6-8)11-14-13-7(2)15-11/h4-6H,3H2,1-2H3. The first kappa shape index (κ1) is 9.83. The number of aryl methyl sites for hydroxylation is 2. The number of aromatic nitrogens is 2. The molecule has 4 heteroatoms. The summed E-state index contributed by atoms with van der Waals surface area (Å²) in [7, 11) is 0. The van der Waals surface area contributed by atoms with Crippen LogP contribution in [0.15, 0.2) is 22.6 Å². The van der Waals surface area contributed by atoms with Gasteiger partial charge in [0.05, 0.1) is 5.56 Å². The Kier molecular flexibility index (Phi) is 2.49. The Morgan fingerprint density at radius 1 is 1.33 bits per heavy atom. The highest BCUT2D eigenvalue weighted by Gasteiger charge is 2.11. The molecule has 2 rings (SSSR count). The summed E-state index contributed by atoms with van der Waals surface area (Å²) >= 11 is 0. The maximum atomic E-state index is 13.5. The minimum Gasteiger partial charge on any atom is -0.421 e. The van der Waals surface area contributed by atoms with Crippen molar-refractivity contribution < 1.29 is 8.81 Å². The van der Waals surface area contributed by atoms with E-state index in [4.69, 9.17) is 4.42 Å². The van der Waals surface area contributed by atoms with E-state index in [1.165, 1.54) is 6.07 Å². The molecule has 78 valence electrons. The zero-order chi connectivity index (χ0) is 10.8. The van der Waals surface area contributed by atoms with E-state index in [1.54, 1.807) is 19.1 Å². The van der Waals surface area contributed by atoms with Gasteiger partial charge >= 0.3 is 0 Å². The molecule has 0 radical (unpaired) electrons. The van der Waals surface area contributed by atoms with Crippen LogP contribution in [0, 0.1) is 12.7 Å². The van der Waals surface area contributed by atoms with E-state index in [9.17, 15) is 4.39 Å². The van der Waals surface area contributed by atoms with E-state index in [0.717, 1.165) is 12.0 Å². The number of benzene rings is 1. The molecule has 0 spiro atoms. The van der Waals surface area contributed by atoms with Crippen LogP contribution in [0.1, 0.15) is 18.4 Å². The van der Waals surface area contributed by atoms with Gasteiger partial charge in [0.15, 0.2) is 0 Å². The first-order valence-electron chi connectivity index (χ1n) is 4.79. The molecule has 0 fully saturated rings. The average molecular weight is 206 g/mol. The Morgan fingerprint density at radius 2 is 2.13 bits per heavy atom. The molecule has 2 aromatic rings. The molecule has 0 atom stereocenters. The third kappa shape index (κ3) is 1.88. The summed E-state index contributed by atoms with van der Waals surface area (Å²) in [6, 6.07) is 4.91. The van der Waals surface area contributed by atoms with Crippen LogP contribution in [-0.4, -0.2) is 10.2 Å². The van der Waals surface area contributed by atoms with Gasteiger partial charge in [-0.05, 0) is 24.1 Å². The van der Waals surface area contributed by atoms with Gasteiger partial charge in [-0.2, -0.15) is 0 Å². The summed E-state index contributed by atoms with van der Waals surface area (Å²) in [4.78, 5) is 0. The fraction of sp³-hybridized carbons (Fsp3) is 0.273. The molecule has 0 saturated carbocycles. The quantitative estimate of drug-likeness (QED) is 0.758. The summed E-state index contributed by atoms with van der Waals surface area (Å²) < 4.78 is 18.7. The van der Waals surface area contributed by atoms with Crippen LogP contribution in [0.4, 0.5) is 4.39 Å². The molecule has 3 nitrogen and oxygen atoms in total. The first-order chi connectivity index (χ1) is 7.20. The molecular weight excluding hydrogens is 195 g/mol. The van der Waals surface area contributed by atoms with Crippen molar-refractivity contribution in [2.75, 3.05) is 0 Å². The van der Waals surface area contributed by atoms with Gasteiger partial charge in [0, 0.05) is 6.92 Å². The molecule has 15 heavy (non-hydrogen) atoms. The average Bonchev–Trinajstić information content (AvgIpc) is 2.65. The fourth-order valence-electron chi connectivity index (χ4n) is 1.36. The van der Waals surface area contributed by atoms with E-state index in [-0.39, 0.29) is 11.7 Å². The van der Waals surface area contributed by atoms with E-state index in [0.29, 0.717) is 11.5 Å². The predicted octanol–water partition coefficient (Wildman–Crippen LogP) is 2.75. The van der Waals surface area contributed by atoms with E-state index in [1.807, 2.05) is 6.92 Å². The Labute approximate surface area is 87.0 Å². The van der Waals surface area contributed by atoms with Crippen LogP contribution in [0.2, 0.25) is 0 Å². The smallest absolute Gasteiger partial charge is 0.250 e. The van der Waals surface area contributed by atoms with Gasteiger partial charge < -0.3 is 4.42 Å². The zero-order valence-electron chi connectivity index (χ0n) is 8.62. The summed E-state index contributed by atoms with van der Waals surface area (Å²) in [6.07, 6.45) is 0.848. The van der Waals surface area contributed by atoms with Crippen molar-refractivity contribution in [3.05, 3.63) is 35.5 Å². The lowest BCUT2D eigenvalue weighted by Gasteiger charge is -2.00. The van der Waals surface area contributed by atoms with Crippen molar-refractivity contribution in [2.24, 2.45) is 0 Å². The van der Waals surface area contributed by atoms with Crippen molar-refractivity contribution in [3.63, 3.8) is 0 Å². The minimum atomic E-state index is -0.337. The Balaban J connectivity index is 2.51. The Hall–Kier alpha value is -1.71. The molecule has 0 aliphatic rings. The highest BCUT2D eigenvalue weighted by molar-refractivity contribution is 5.54. The van der Waals surface area contributed by atoms with Crippen molar-refractivity contribution >= 4 is 0 Å². The van der Waals surface area contributed by atoms with Gasteiger partial charge in [0.1, 0.15) is 5.82 Å². The molecule has 1 aromatic heterocycles. The molecule has 1 aromatic carbocycles. The summed E-state index contributed by atoms with van der Waals surface area (Å²) in [5, 5.41) is 7.47. The van der Waals surface area contributed by atoms with Gasteiger partial charge in [0.25, 0.3) is 5.89 Å². The van der Waals surface area contributed by atoms with Crippen molar-refractivity contribution in [2.45, 2.75) is 20.3 Å². The van der Waals surface area contributed by atoms with Crippen LogP contribution in [-0.2, 0) is 6.42 Å². The highest BCUT2D eigenvalue weighted by atomic mass is 19.1. The maximum absolute atomic E-state index is 13.5. The topological polar surface area (TPSA) is 38.9 Å². The van der Waals surface area contributed by atoms with Crippen molar-refractivity contribution in [3.8, 4) is 11.5 Å². The van der Waals surface area contributed by atoms with E-state index in [2.05, 4.69) is 10.2 Å². The predicted molar refractivity (Wildman–Crippen MR) is 53.8 cm³/mol. The number of nitrogens with zero attached hydrogens (tertiary/aromatic N) is 2. The number of hydrogen-bond acceptors (Lipinski definition) is 3. The SMILES string of the molecule is CCc1ccc(F)c(-c2nnc(C)o2)c1. The normalized spacial score (nSPS) is 10.6. The van der Waals surface area contributed by atoms with Crippen LogP contribution in [0.3, 0.4) is 0 Å². The second kappa shape index (κ2) is 3.81. The maximum Gasteiger partial charge on any atom is 0.250 e. The molecule has 0 aliphatic heterocycles. The lowest BCUT2D eigenvalue weighted by molar-refractivity contribution is 0.526. The third-order valence-electron chi connectivity index (χ3n) is 2.20. The molecule has 0 amide bonds. The summed E-state index contributed by atoms with van der Waals surface area (Å²) in [6.45, 7) is 3.69. The molecule has 0 N–H and O–H groups in total. The molecule has 0 bridgehead atoms. The number of rotatable bonds is 2. The van der Waals surface area contributed by atoms with Gasteiger partial charge in [-0.25, -0.2) is 4.39 Å². The molecule has 0 saturated heterocycles. The van der Waals surface area contributed by atoms with Gasteiger partial charge in [-0.1, -0.05) is 13.0 Å². The monoisotopic (exact) mass is 206 g/mol. The lowest BCUT2D eigenvalue weighted by Crippen LogP contribution is -1.88. The van der Waals surface area contributed by atoms with E-state index < -0.39 is 0 Å². The molecule has 0 unspecified atom stereocenters. The number of halogens is 1. The highest BCUT2D eigenvalue weighted by Crippen LogP contribution is 2.22. The van der Waals surface area contributed by atoms with Crippen LogP contribution < -0.4 is 0 Å². The van der Waals surface area contributed by atoms with Gasteiger partial charge in [0.2, 0.25) is 5.89 Å². The molecular formula is C11H11FN2O. The fourth-order valence-corrected chi connectivity index (χ4v) is 1.36. The summed E-state index contributed by atoms with van der Waals surface area (Å²) in [5.74, 6) is 0.336. The van der Waals surface area contributed by atoms with Gasteiger partial charge in [-0.15, -0.1) is 10.2 Å². The second-order valence-corrected chi connectivity index (χ2v) is 3.29. The Morgan fingerprint density at radius 3 is 2.73 bits per heavy atom. The first-order valence-corrected chi connectivity index (χ1v) is 4.79. The van der Waals surface area contributed by atoms with Crippen molar-refractivity contribution in [1.29, 1.82) is 0 Å². The molecule has 0 aliphatic carbocycles. The third-order valence-corrected chi connectivity index (χ3v) is 2.20. The minimum absolute atomic E-state index is 0.236. The zero-order valence-corrected chi connectivity index (χ0v) is 8.62. The van der Waals surface area contributed by atoms with Crippen molar-refractivity contribution in [1.82, 2.24) is 10.2 Å². The van der Waals surface area contributed by atoms with Crippen LogP contribution in [0.25, 0.3) is 11.5 Å². The Bertz CT molecular complexity index is 479. The molecule has 1 heterocycles. The van der Waals surface area contributed by atoms with E-state index >= 15 is 0 Å². The number of hydrogen-bond donors (Lipinski definition) is 0. The van der Waals surface area contributed by atoms with Crippen LogP contribution >= 0.6 is 0 Å². The lowest BCUT2D eigenvalue weighted by atomic mass is 10.1. The largest absolute Gasteiger partial charge is 0.421 e.